The number of hydrogen-bond acceptors (Lipinski definition) is 13. The maximum absolute atomic E-state index is 13.9. The standard InChI is InChI=1S/C35H32N12O4S/c48-26(39-32-40-28(43-45-32)24-10-4-7-16-36-24)13-19-47-31(50)35(14-5-1-6-15-35)42-34(47)51-22-12-18-37-25(20-22)30-44-46-33(52-30)41-29(49)27-23-9-3-2-8-21(23)11-17-38-27/h2-4,7-12,16-18,20,34,42H,1,5-6,13-15,19H2,(H,41,46,49)(H2,39,40,43,45,48). The Balaban J connectivity index is 0.947. The number of rotatable bonds is 10. The molecule has 0 radical (unpaired) electrons. The number of amides is 3. The summed E-state index contributed by atoms with van der Waals surface area (Å²) in [6.07, 6.45) is 8.20. The molecule has 6 heterocycles. The van der Waals surface area contributed by atoms with Crippen LogP contribution >= 0.6 is 11.3 Å². The number of carbonyl (C=O) groups is 3. The predicted octanol–water partition coefficient (Wildman–Crippen LogP) is 4.41. The van der Waals surface area contributed by atoms with E-state index in [4.69, 9.17) is 4.74 Å². The van der Waals surface area contributed by atoms with Crippen molar-refractivity contribution < 1.29 is 19.1 Å². The van der Waals surface area contributed by atoms with Crippen LogP contribution in [0.1, 0.15) is 49.0 Å². The highest BCUT2D eigenvalue weighted by molar-refractivity contribution is 7.18. The number of anilines is 2. The van der Waals surface area contributed by atoms with E-state index in [1.807, 2.05) is 36.4 Å². The third kappa shape index (κ3) is 6.78. The van der Waals surface area contributed by atoms with E-state index in [9.17, 15) is 14.4 Å². The monoisotopic (exact) mass is 716 g/mol. The van der Waals surface area contributed by atoms with Crippen LogP contribution in [0.2, 0.25) is 0 Å². The van der Waals surface area contributed by atoms with Gasteiger partial charge in [-0.1, -0.05) is 60.9 Å². The molecule has 6 aromatic rings. The van der Waals surface area contributed by atoms with Crippen LogP contribution in [0.4, 0.5) is 11.1 Å². The summed E-state index contributed by atoms with van der Waals surface area (Å²) in [6.45, 7) is 0.102. The lowest BCUT2D eigenvalue weighted by molar-refractivity contribution is -0.137. The van der Waals surface area contributed by atoms with Gasteiger partial charge in [0.15, 0.2) is 10.8 Å². The van der Waals surface area contributed by atoms with E-state index >= 15 is 0 Å². The molecule has 8 rings (SSSR count). The van der Waals surface area contributed by atoms with Crippen molar-refractivity contribution in [3.63, 3.8) is 0 Å². The minimum absolute atomic E-state index is 0.00794. The Morgan fingerprint density at radius 2 is 1.75 bits per heavy atom. The Bertz CT molecular complexity index is 2250. The van der Waals surface area contributed by atoms with Crippen molar-refractivity contribution in [1.29, 1.82) is 0 Å². The van der Waals surface area contributed by atoms with Crippen LogP contribution in [0.15, 0.2) is 79.3 Å². The van der Waals surface area contributed by atoms with E-state index in [-0.39, 0.29) is 41.6 Å². The molecular formula is C35H32N12O4S. The van der Waals surface area contributed by atoms with Crippen molar-refractivity contribution in [3.05, 3.63) is 84.9 Å². The van der Waals surface area contributed by atoms with Gasteiger partial charge >= 0.3 is 0 Å². The van der Waals surface area contributed by atoms with Gasteiger partial charge in [-0.2, -0.15) is 4.98 Å². The van der Waals surface area contributed by atoms with Crippen LogP contribution in [0.3, 0.4) is 0 Å². The van der Waals surface area contributed by atoms with Gasteiger partial charge in [0.25, 0.3) is 5.91 Å². The van der Waals surface area contributed by atoms with Crippen molar-refractivity contribution >= 4 is 50.9 Å². The second-order valence-corrected chi connectivity index (χ2v) is 13.4. The topological polar surface area (TPSA) is 206 Å². The van der Waals surface area contributed by atoms with Crippen LogP contribution < -0.4 is 20.7 Å². The van der Waals surface area contributed by atoms with Crippen LogP contribution in [0.5, 0.6) is 5.75 Å². The molecule has 1 aliphatic heterocycles. The second-order valence-electron chi connectivity index (χ2n) is 12.4. The highest BCUT2D eigenvalue weighted by Gasteiger charge is 2.52. The molecular weight excluding hydrogens is 685 g/mol. The molecule has 16 nitrogen and oxygen atoms in total. The van der Waals surface area contributed by atoms with Crippen LogP contribution in [0.25, 0.3) is 33.0 Å². The number of benzene rings is 1. The molecule has 1 saturated carbocycles. The first-order valence-corrected chi connectivity index (χ1v) is 17.6. The van der Waals surface area contributed by atoms with E-state index in [0.29, 0.717) is 40.8 Å². The number of aromatic nitrogens is 8. The molecule has 4 N–H and O–H groups in total. The van der Waals surface area contributed by atoms with Gasteiger partial charge < -0.3 is 4.74 Å². The van der Waals surface area contributed by atoms with Crippen molar-refractivity contribution in [2.75, 3.05) is 17.2 Å². The number of ether oxygens (including phenoxy) is 1. The van der Waals surface area contributed by atoms with Gasteiger partial charge in [-0.25, -0.2) is 5.32 Å². The number of fused-ring (bicyclic) bond motifs is 1. The summed E-state index contributed by atoms with van der Waals surface area (Å²) in [6, 6.07) is 18.1. The fraction of sp³-hybridized carbons (Fsp3) is 0.257. The van der Waals surface area contributed by atoms with Gasteiger partial charge in [-0.15, -0.1) is 15.3 Å². The summed E-state index contributed by atoms with van der Waals surface area (Å²) in [5, 5.41) is 26.5. The third-order valence-electron chi connectivity index (χ3n) is 9.02. The zero-order valence-corrected chi connectivity index (χ0v) is 28.5. The molecule has 1 spiro atoms. The normalized spacial score (nSPS) is 16.7. The zero-order chi connectivity index (χ0) is 35.5. The average Bonchev–Trinajstić information content (AvgIpc) is 3.90. The molecule has 17 heteroatoms. The van der Waals surface area contributed by atoms with Gasteiger partial charge in [0.2, 0.25) is 29.2 Å². The average molecular weight is 717 g/mol. The van der Waals surface area contributed by atoms with Gasteiger partial charge in [-0.05, 0) is 42.5 Å². The summed E-state index contributed by atoms with van der Waals surface area (Å²) < 4.78 is 6.39. The number of hydrogen-bond donors (Lipinski definition) is 4. The van der Waals surface area contributed by atoms with Gasteiger partial charge in [0.1, 0.15) is 28.4 Å². The van der Waals surface area contributed by atoms with Crippen molar-refractivity contribution in [2.24, 2.45) is 0 Å². The third-order valence-corrected chi connectivity index (χ3v) is 9.88. The maximum Gasteiger partial charge on any atom is 0.276 e. The van der Waals surface area contributed by atoms with Crippen LogP contribution in [0, 0.1) is 0 Å². The number of pyridine rings is 3. The Morgan fingerprint density at radius 1 is 0.923 bits per heavy atom. The Hall–Kier alpha value is -6.20. The van der Waals surface area contributed by atoms with Crippen LogP contribution in [-0.4, -0.2) is 81.4 Å². The smallest absolute Gasteiger partial charge is 0.276 e. The largest absolute Gasteiger partial charge is 0.457 e. The first kappa shape index (κ1) is 33.0. The lowest BCUT2D eigenvalue weighted by atomic mass is 9.82. The highest BCUT2D eigenvalue weighted by atomic mass is 32.1. The molecule has 1 saturated heterocycles. The Kier molecular flexibility index (Phi) is 9.00. The number of nitrogens with zero attached hydrogens (tertiary/aromatic N) is 8. The summed E-state index contributed by atoms with van der Waals surface area (Å²) in [5.74, 6) is 0.112. The van der Waals surface area contributed by atoms with Gasteiger partial charge in [0, 0.05) is 43.0 Å². The highest BCUT2D eigenvalue weighted by Crippen LogP contribution is 2.36. The van der Waals surface area contributed by atoms with Crippen molar-refractivity contribution in [2.45, 2.75) is 50.4 Å². The van der Waals surface area contributed by atoms with E-state index in [0.717, 1.165) is 41.4 Å². The minimum Gasteiger partial charge on any atom is -0.457 e. The first-order valence-electron chi connectivity index (χ1n) is 16.8. The second kappa shape index (κ2) is 14.2. The van der Waals surface area contributed by atoms with Crippen LogP contribution in [-0.2, 0) is 9.59 Å². The van der Waals surface area contributed by atoms with E-state index in [1.54, 1.807) is 47.8 Å². The maximum atomic E-state index is 13.9. The Labute approximate surface area is 300 Å². The number of H-pyrrole nitrogens is 1. The summed E-state index contributed by atoms with van der Waals surface area (Å²) in [4.78, 5) is 58.9. The molecule has 1 atom stereocenters. The van der Waals surface area contributed by atoms with Gasteiger partial charge in [-0.3, -0.25) is 50.0 Å². The fourth-order valence-corrected chi connectivity index (χ4v) is 7.20. The lowest BCUT2D eigenvalue weighted by Gasteiger charge is -2.30. The SMILES string of the molecule is O=C(CCN1C(=O)C2(CCCCC2)NC1Oc1ccnc(-c2nnc(NC(=O)c3nccc4ccccc34)s2)c1)Nc1n[nH]c(-c2ccccn2)n1. The Morgan fingerprint density at radius 3 is 2.62 bits per heavy atom. The number of carbonyl (C=O) groups excluding carboxylic acids is 3. The molecule has 1 unspecified atom stereocenters. The fourth-order valence-electron chi connectivity index (χ4n) is 6.49. The number of nitrogens with one attached hydrogen (secondary N) is 4. The molecule has 0 bridgehead atoms. The lowest BCUT2D eigenvalue weighted by Crippen LogP contribution is -2.49. The van der Waals surface area contributed by atoms with E-state index in [2.05, 4.69) is 56.3 Å². The minimum atomic E-state index is -0.828. The first-order chi connectivity index (χ1) is 25.4. The predicted molar refractivity (Wildman–Crippen MR) is 191 cm³/mol. The van der Waals surface area contributed by atoms with E-state index in [1.165, 1.54) is 0 Å². The zero-order valence-electron chi connectivity index (χ0n) is 27.7. The van der Waals surface area contributed by atoms with Gasteiger partial charge in [0.05, 0.1) is 0 Å². The molecule has 262 valence electrons. The molecule has 2 fully saturated rings. The molecule has 1 aliphatic carbocycles. The quantitative estimate of drug-likeness (QED) is 0.156. The van der Waals surface area contributed by atoms with Crippen molar-refractivity contribution in [3.8, 4) is 28.0 Å². The summed E-state index contributed by atoms with van der Waals surface area (Å²) in [5.41, 5.74) is 0.585. The molecule has 1 aromatic carbocycles. The molecule has 2 aliphatic rings. The summed E-state index contributed by atoms with van der Waals surface area (Å²) in [7, 11) is 0. The molecule has 52 heavy (non-hydrogen) atoms. The van der Waals surface area contributed by atoms with Crippen molar-refractivity contribution in [1.82, 2.24) is 50.5 Å². The number of aromatic amines is 1. The van der Waals surface area contributed by atoms with E-state index < -0.39 is 17.8 Å². The molecule has 3 amide bonds. The molecule has 5 aromatic heterocycles. The summed E-state index contributed by atoms with van der Waals surface area (Å²) >= 11 is 1.16.